The van der Waals surface area contributed by atoms with Gasteiger partial charge in [0.25, 0.3) is 5.91 Å². The lowest BCUT2D eigenvalue weighted by Gasteiger charge is -2.37. The van der Waals surface area contributed by atoms with Crippen LogP contribution in [0.3, 0.4) is 0 Å². The molecule has 0 radical (unpaired) electrons. The van der Waals surface area contributed by atoms with Crippen molar-refractivity contribution in [2.24, 2.45) is 5.92 Å². The van der Waals surface area contributed by atoms with Crippen molar-refractivity contribution in [3.05, 3.63) is 52.3 Å². The van der Waals surface area contributed by atoms with Crippen LogP contribution in [0.15, 0.2) is 40.0 Å². The fourth-order valence-electron chi connectivity index (χ4n) is 5.61. The van der Waals surface area contributed by atoms with E-state index in [9.17, 15) is 19.8 Å². The molecular formula is C30H40N4O5. The number of carbonyl (C=O) groups is 2. The Hall–Kier alpha value is -3.59. The molecule has 0 spiro atoms. The molecule has 0 bridgehead atoms. The van der Waals surface area contributed by atoms with Gasteiger partial charge in [0.2, 0.25) is 5.91 Å². The van der Waals surface area contributed by atoms with Crippen molar-refractivity contribution in [3.63, 3.8) is 0 Å². The fourth-order valence-corrected chi connectivity index (χ4v) is 5.61. The van der Waals surface area contributed by atoms with Gasteiger partial charge in [-0.05, 0) is 42.4 Å². The van der Waals surface area contributed by atoms with Gasteiger partial charge in [-0.1, -0.05) is 43.7 Å². The predicted octanol–water partition coefficient (Wildman–Crippen LogP) is 4.40. The van der Waals surface area contributed by atoms with Crippen LogP contribution in [0, 0.1) is 5.92 Å². The number of nitrogens with one attached hydrogen (secondary N) is 1. The van der Waals surface area contributed by atoms with Crippen LogP contribution in [0.25, 0.3) is 11.3 Å². The SMILES string of the molecule is CCNC(=O)c1noc(-c2cc(C(C)C)c(O)cc2O)c1C1C=CC2=C(CCN(CCC(=O)N(C)C)C2)C1C. The number of hydrogen-bond acceptors (Lipinski definition) is 7. The Morgan fingerprint density at radius 3 is 2.64 bits per heavy atom. The minimum absolute atomic E-state index is 0.0102. The molecule has 1 aromatic heterocycles. The van der Waals surface area contributed by atoms with Crippen LogP contribution >= 0.6 is 0 Å². The number of amides is 2. The van der Waals surface area contributed by atoms with E-state index >= 15 is 0 Å². The van der Waals surface area contributed by atoms with E-state index in [-0.39, 0.29) is 46.8 Å². The molecule has 9 nitrogen and oxygen atoms in total. The van der Waals surface area contributed by atoms with Crippen LogP contribution in [0.5, 0.6) is 11.5 Å². The minimum atomic E-state index is -0.328. The highest BCUT2D eigenvalue weighted by atomic mass is 16.5. The number of nitrogens with zero attached hydrogens (tertiary/aromatic N) is 3. The summed E-state index contributed by atoms with van der Waals surface area (Å²) in [5.41, 5.74) is 4.47. The second kappa shape index (κ2) is 11.7. The Morgan fingerprint density at radius 2 is 1.97 bits per heavy atom. The van der Waals surface area contributed by atoms with Gasteiger partial charge in [0.05, 0.1) is 5.56 Å². The number of allylic oxidation sites excluding steroid dienone is 1. The summed E-state index contributed by atoms with van der Waals surface area (Å²) in [5, 5.41) is 28.2. The van der Waals surface area contributed by atoms with E-state index in [1.165, 1.54) is 17.2 Å². The lowest BCUT2D eigenvalue weighted by molar-refractivity contribution is -0.129. The summed E-state index contributed by atoms with van der Waals surface area (Å²) in [5.74, 6) is -0.102. The maximum Gasteiger partial charge on any atom is 0.273 e. The predicted molar refractivity (Wildman–Crippen MR) is 150 cm³/mol. The van der Waals surface area contributed by atoms with E-state index in [0.29, 0.717) is 35.4 Å². The highest BCUT2D eigenvalue weighted by Gasteiger charge is 2.36. The van der Waals surface area contributed by atoms with Crippen molar-refractivity contribution >= 4 is 11.8 Å². The quantitative estimate of drug-likeness (QED) is 0.458. The van der Waals surface area contributed by atoms with Gasteiger partial charge in [-0.2, -0.15) is 0 Å². The Morgan fingerprint density at radius 1 is 1.23 bits per heavy atom. The number of carbonyl (C=O) groups excluding carboxylic acids is 2. The molecule has 1 aromatic carbocycles. The van der Waals surface area contributed by atoms with Gasteiger partial charge in [0.15, 0.2) is 11.5 Å². The van der Waals surface area contributed by atoms with Crippen LogP contribution < -0.4 is 5.32 Å². The van der Waals surface area contributed by atoms with Crippen LogP contribution in [0.4, 0.5) is 0 Å². The molecule has 0 fully saturated rings. The first-order chi connectivity index (χ1) is 18.5. The number of phenolic OH excluding ortho intramolecular Hbond substituents is 2. The molecule has 2 atom stereocenters. The monoisotopic (exact) mass is 536 g/mol. The highest BCUT2D eigenvalue weighted by molar-refractivity contribution is 5.96. The summed E-state index contributed by atoms with van der Waals surface area (Å²) < 4.78 is 5.79. The molecule has 0 saturated carbocycles. The lowest BCUT2D eigenvalue weighted by atomic mass is 9.73. The summed E-state index contributed by atoms with van der Waals surface area (Å²) >= 11 is 0. The second-order valence-electron chi connectivity index (χ2n) is 11.0. The van der Waals surface area contributed by atoms with Gasteiger partial charge < -0.3 is 25.0 Å². The Labute approximate surface area is 230 Å². The maximum absolute atomic E-state index is 13.1. The molecule has 3 N–H and O–H groups in total. The average Bonchev–Trinajstić information content (AvgIpc) is 3.32. The molecule has 39 heavy (non-hydrogen) atoms. The lowest BCUT2D eigenvalue weighted by Crippen LogP contribution is -2.37. The second-order valence-corrected chi connectivity index (χ2v) is 11.0. The van der Waals surface area contributed by atoms with Gasteiger partial charge in [0, 0.05) is 64.2 Å². The third-order valence-corrected chi connectivity index (χ3v) is 7.86. The highest BCUT2D eigenvalue weighted by Crippen LogP contribution is 2.47. The Kier molecular flexibility index (Phi) is 8.49. The summed E-state index contributed by atoms with van der Waals surface area (Å²) in [6, 6.07) is 3.04. The zero-order chi connectivity index (χ0) is 28.4. The first kappa shape index (κ1) is 28.4. The number of aromatic nitrogens is 1. The molecule has 2 heterocycles. The largest absolute Gasteiger partial charge is 0.508 e. The van der Waals surface area contributed by atoms with Gasteiger partial charge >= 0.3 is 0 Å². The van der Waals surface area contributed by atoms with Crippen molar-refractivity contribution in [1.29, 1.82) is 0 Å². The number of phenols is 2. The average molecular weight is 537 g/mol. The normalized spacial score (nSPS) is 19.4. The molecule has 1 aliphatic heterocycles. The maximum atomic E-state index is 13.1. The van der Waals surface area contributed by atoms with Gasteiger partial charge in [0.1, 0.15) is 11.5 Å². The van der Waals surface area contributed by atoms with Crippen LogP contribution in [0.2, 0.25) is 0 Å². The first-order valence-electron chi connectivity index (χ1n) is 13.7. The zero-order valence-corrected chi connectivity index (χ0v) is 23.7. The Bertz CT molecular complexity index is 1310. The van der Waals surface area contributed by atoms with Crippen molar-refractivity contribution in [2.45, 2.75) is 52.4 Å². The van der Waals surface area contributed by atoms with Crippen molar-refractivity contribution in [2.75, 3.05) is 40.3 Å². The summed E-state index contributed by atoms with van der Waals surface area (Å²) in [7, 11) is 3.56. The van der Waals surface area contributed by atoms with Crippen LogP contribution in [-0.2, 0) is 4.79 Å². The number of hydrogen-bond donors (Lipinski definition) is 3. The molecule has 4 rings (SSSR count). The summed E-state index contributed by atoms with van der Waals surface area (Å²) in [6.07, 6.45) is 5.57. The van der Waals surface area contributed by atoms with E-state index in [1.54, 1.807) is 25.1 Å². The molecular weight excluding hydrogens is 496 g/mol. The van der Waals surface area contributed by atoms with E-state index in [0.717, 1.165) is 26.1 Å². The van der Waals surface area contributed by atoms with E-state index in [1.807, 2.05) is 20.8 Å². The topological polar surface area (TPSA) is 119 Å². The fraction of sp³-hybridized carbons (Fsp3) is 0.500. The third-order valence-electron chi connectivity index (χ3n) is 7.86. The van der Waals surface area contributed by atoms with Crippen LogP contribution in [0.1, 0.15) is 74.0 Å². The number of rotatable bonds is 8. The molecule has 210 valence electrons. The van der Waals surface area contributed by atoms with Gasteiger partial charge in [-0.15, -0.1) is 0 Å². The smallest absolute Gasteiger partial charge is 0.273 e. The molecule has 2 amide bonds. The molecule has 0 saturated heterocycles. The van der Waals surface area contributed by atoms with Gasteiger partial charge in [-0.25, -0.2) is 0 Å². The van der Waals surface area contributed by atoms with Crippen LogP contribution in [-0.4, -0.2) is 77.3 Å². The third kappa shape index (κ3) is 5.73. The van der Waals surface area contributed by atoms with Crippen molar-refractivity contribution < 1.29 is 24.3 Å². The number of aromatic hydroxyl groups is 2. The summed E-state index contributed by atoms with van der Waals surface area (Å²) in [6.45, 7) is 10.7. The molecule has 9 heteroatoms. The van der Waals surface area contributed by atoms with Crippen molar-refractivity contribution in [1.82, 2.24) is 20.3 Å². The van der Waals surface area contributed by atoms with E-state index in [2.05, 4.69) is 34.4 Å². The minimum Gasteiger partial charge on any atom is -0.508 e. The molecule has 2 aromatic rings. The van der Waals surface area contributed by atoms with Gasteiger partial charge in [-0.3, -0.25) is 14.5 Å². The summed E-state index contributed by atoms with van der Waals surface area (Å²) in [4.78, 5) is 29.1. The molecule has 2 aliphatic rings. The van der Waals surface area contributed by atoms with Crippen molar-refractivity contribution in [3.8, 4) is 22.8 Å². The van der Waals surface area contributed by atoms with E-state index < -0.39 is 0 Å². The molecule has 1 aliphatic carbocycles. The Balaban J connectivity index is 1.70. The zero-order valence-electron chi connectivity index (χ0n) is 23.7. The first-order valence-corrected chi connectivity index (χ1v) is 13.7. The number of benzene rings is 1. The van der Waals surface area contributed by atoms with E-state index in [4.69, 9.17) is 4.52 Å². The molecule has 2 unspecified atom stereocenters. The standard InChI is InChI=1S/C30H40N4O5/c1-7-31-30(38)28-27(29(39-32-28)23-14-22(17(2)3)24(35)15-25(23)36)21-9-8-19-16-34(12-10-20(19)18(21)4)13-11-26(37)33(5)6/h8-9,14-15,17-18,21,35-36H,7,10-13,16H2,1-6H3,(H,31,38).